The number of ether oxygens (including phenoxy) is 2. The molecular formula is C12H28N4O4. The molecule has 1 atom stereocenters. The first kappa shape index (κ1) is 19.1. The van der Waals surface area contributed by atoms with Crippen molar-refractivity contribution in [2.45, 2.75) is 18.4 Å². The zero-order valence-electron chi connectivity index (χ0n) is 12.2. The minimum absolute atomic E-state index is 0.123. The Kier molecular flexibility index (Phi) is 11.3. The molecule has 0 aliphatic rings. The van der Waals surface area contributed by atoms with Crippen LogP contribution in [0, 0.1) is 0 Å². The Hall–Kier alpha value is -0.930. The van der Waals surface area contributed by atoms with E-state index in [0.717, 1.165) is 13.0 Å². The third-order valence-corrected chi connectivity index (χ3v) is 2.66. The Labute approximate surface area is 120 Å². The summed E-state index contributed by atoms with van der Waals surface area (Å²) in [7, 11) is 1.86. The SMILES string of the molecule is CNCCCOCC(CO)(COCCCN)NC(N)=O. The summed E-state index contributed by atoms with van der Waals surface area (Å²) in [6.07, 6.45) is 1.55. The molecule has 7 N–H and O–H groups in total. The highest BCUT2D eigenvalue weighted by Gasteiger charge is 2.31. The van der Waals surface area contributed by atoms with E-state index in [4.69, 9.17) is 20.9 Å². The lowest BCUT2D eigenvalue weighted by molar-refractivity contribution is -0.0150. The lowest BCUT2D eigenvalue weighted by Gasteiger charge is -2.31. The summed E-state index contributed by atoms with van der Waals surface area (Å²) in [6, 6.07) is -0.722. The monoisotopic (exact) mass is 292 g/mol. The van der Waals surface area contributed by atoms with Crippen molar-refractivity contribution in [3.8, 4) is 0 Å². The summed E-state index contributed by atoms with van der Waals surface area (Å²) in [5.41, 5.74) is 9.49. The Balaban J connectivity index is 4.23. The standard InChI is InChI=1S/C12H28N4O4/c1-15-5-3-7-20-10-12(8-17,16-11(14)18)9-19-6-2-4-13/h15,17H,2-10,13H2,1H3,(H3,14,16,18). The summed E-state index contributed by atoms with van der Waals surface area (Å²) in [5, 5.41) is 15.0. The minimum Gasteiger partial charge on any atom is -0.394 e. The number of hydrogen-bond acceptors (Lipinski definition) is 6. The molecule has 0 radical (unpaired) electrons. The number of hydrogen-bond donors (Lipinski definition) is 5. The number of aliphatic hydroxyl groups excluding tert-OH is 1. The molecule has 0 heterocycles. The van der Waals surface area contributed by atoms with Crippen LogP contribution in [0.15, 0.2) is 0 Å². The van der Waals surface area contributed by atoms with E-state index in [1.165, 1.54) is 0 Å². The molecule has 8 nitrogen and oxygen atoms in total. The topological polar surface area (TPSA) is 132 Å². The first-order valence-corrected chi connectivity index (χ1v) is 6.79. The average molecular weight is 292 g/mol. The van der Waals surface area contributed by atoms with Crippen LogP contribution in [0.5, 0.6) is 0 Å². The van der Waals surface area contributed by atoms with Gasteiger partial charge >= 0.3 is 6.03 Å². The number of primary amides is 1. The van der Waals surface area contributed by atoms with Crippen molar-refractivity contribution in [1.29, 1.82) is 0 Å². The average Bonchev–Trinajstić information content (AvgIpc) is 2.42. The molecule has 0 aromatic rings. The molecule has 120 valence electrons. The largest absolute Gasteiger partial charge is 0.394 e. The van der Waals surface area contributed by atoms with Crippen LogP contribution in [0.3, 0.4) is 0 Å². The van der Waals surface area contributed by atoms with Crippen molar-refractivity contribution in [2.24, 2.45) is 11.5 Å². The first-order valence-electron chi connectivity index (χ1n) is 6.79. The van der Waals surface area contributed by atoms with Crippen LogP contribution in [0.25, 0.3) is 0 Å². The Bertz CT molecular complexity index is 256. The molecule has 0 fully saturated rings. The van der Waals surface area contributed by atoms with Gasteiger partial charge in [0.1, 0.15) is 5.54 Å². The van der Waals surface area contributed by atoms with Crippen molar-refractivity contribution >= 4 is 6.03 Å². The van der Waals surface area contributed by atoms with Gasteiger partial charge in [-0.05, 0) is 33.0 Å². The quantitative estimate of drug-likeness (QED) is 0.259. The molecule has 0 rings (SSSR count). The van der Waals surface area contributed by atoms with E-state index < -0.39 is 11.6 Å². The predicted octanol–water partition coefficient (Wildman–Crippen LogP) is -1.62. The van der Waals surface area contributed by atoms with Crippen LogP contribution < -0.4 is 22.1 Å². The smallest absolute Gasteiger partial charge is 0.312 e. The van der Waals surface area contributed by atoms with Crippen LogP contribution in [0.1, 0.15) is 12.8 Å². The number of urea groups is 1. The van der Waals surface area contributed by atoms with Gasteiger partial charge in [-0.15, -0.1) is 0 Å². The molecule has 0 aliphatic heterocycles. The molecule has 0 bridgehead atoms. The maximum Gasteiger partial charge on any atom is 0.312 e. The van der Waals surface area contributed by atoms with E-state index in [0.29, 0.717) is 26.2 Å². The van der Waals surface area contributed by atoms with Gasteiger partial charge in [-0.2, -0.15) is 0 Å². The van der Waals surface area contributed by atoms with Gasteiger partial charge in [-0.3, -0.25) is 0 Å². The molecule has 1 unspecified atom stereocenters. The summed E-state index contributed by atoms with van der Waals surface area (Å²) in [6.45, 7) is 2.28. The number of nitrogens with two attached hydrogens (primary N) is 2. The minimum atomic E-state index is -1.01. The van der Waals surface area contributed by atoms with Gasteiger partial charge in [-0.1, -0.05) is 0 Å². The van der Waals surface area contributed by atoms with E-state index >= 15 is 0 Å². The first-order chi connectivity index (χ1) is 9.60. The Morgan fingerprint density at radius 2 is 1.85 bits per heavy atom. The third kappa shape index (κ3) is 9.05. The molecule has 20 heavy (non-hydrogen) atoms. The molecule has 0 aliphatic carbocycles. The predicted molar refractivity (Wildman–Crippen MR) is 76.4 cm³/mol. The maximum absolute atomic E-state index is 11.1. The summed E-state index contributed by atoms with van der Waals surface area (Å²) in [4.78, 5) is 11.1. The number of aliphatic hydroxyl groups is 1. The molecule has 0 saturated heterocycles. The fraction of sp³-hybridized carbons (Fsp3) is 0.917. The van der Waals surface area contributed by atoms with Crippen LogP contribution in [0.4, 0.5) is 4.79 Å². The van der Waals surface area contributed by atoms with Crippen LogP contribution >= 0.6 is 0 Å². The molecule has 8 heteroatoms. The van der Waals surface area contributed by atoms with Gasteiger partial charge in [0, 0.05) is 13.2 Å². The second kappa shape index (κ2) is 11.9. The normalized spacial score (nSPS) is 13.9. The Morgan fingerprint density at radius 3 is 2.30 bits per heavy atom. The van der Waals surface area contributed by atoms with Gasteiger partial charge in [0.2, 0.25) is 0 Å². The van der Waals surface area contributed by atoms with Gasteiger partial charge in [0.05, 0.1) is 19.8 Å². The summed E-state index contributed by atoms with van der Waals surface area (Å²) < 4.78 is 10.9. The van der Waals surface area contributed by atoms with Crippen molar-refractivity contribution in [3.63, 3.8) is 0 Å². The molecule has 0 saturated carbocycles. The molecule has 0 aromatic heterocycles. The van der Waals surface area contributed by atoms with Crippen LogP contribution in [-0.4, -0.2) is 69.8 Å². The second-order valence-electron chi connectivity index (χ2n) is 4.63. The number of nitrogens with one attached hydrogen (secondary N) is 2. The summed E-state index contributed by atoms with van der Waals surface area (Å²) >= 11 is 0. The lowest BCUT2D eigenvalue weighted by Crippen LogP contribution is -2.59. The molecule has 0 spiro atoms. The fourth-order valence-electron chi connectivity index (χ4n) is 1.58. The number of carbonyl (C=O) groups is 1. The zero-order chi connectivity index (χ0) is 15.3. The second-order valence-corrected chi connectivity index (χ2v) is 4.63. The Morgan fingerprint density at radius 1 is 1.25 bits per heavy atom. The van der Waals surface area contributed by atoms with Gasteiger partial charge in [-0.25, -0.2) is 4.79 Å². The zero-order valence-corrected chi connectivity index (χ0v) is 12.2. The number of rotatable bonds is 13. The van der Waals surface area contributed by atoms with Crippen molar-refractivity contribution in [1.82, 2.24) is 10.6 Å². The third-order valence-electron chi connectivity index (χ3n) is 2.66. The van der Waals surface area contributed by atoms with Crippen LogP contribution in [-0.2, 0) is 9.47 Å². The van der Waals surface area contributed by atoms with E-state index in [1.807, 2.05) is 7.05 Å². The van der Waals surface area contributed by atoms with E-state index in [1.54, 1.807) is 0 Å². The molecule has 0 aromatic carbocycles. The number of amides is 2. The highest BCUT2D eigenvalue weighted by atomic mass is 16.5. The van der Waals surface area contributed by atoms with Crippen molar-refractivity contribution < 1.29 is 19.4 Å². The van der Waals surface area contributed by atoms with E-state index in [9.17, 15) is 9.90 Å². The highest BCUT2D eigenvalue weighted by molar-refractivity contribution is 5.72. The summed E-state index contributed by atoms with van der Waals surface area (Å²) in [5.74, 6) is 0. The van der Waals surface area contributed by atoms with E-state index in [-0.39, 0.29) is 19.8 Å². The molecular weight excluding hydrogens is 264 g/mol. The van der Waals surface area contributed by atoms with Crippen molar-refractivity contribution in [2.75, 3.05) is 53.2 Å². The van der Waals surface area contributed by atoms with Crippen molar-refractivity contribution in [3.05, 3.63) is 0 Å². The lowest BCUT2D eigenvalue weighted by atomic mass is 10.0. The maximum atomic E-state index is 11.1. The number of carbonyl (C=O) groups excluding carboxylic acids is 1. The van der Waals surface area contributed by atoms with Gasteiger partial charge < -0.3 is 36.7 Å². The molecule has 2 amide bonds. The van der Waals surface area contributed by atoms with E-state index in [2.05, 4.69) is 10.6 Å². The highest BCUT2D eigenvalue weighted by Crippen LogP contribution is 2.07. The van der Waals surface area contributed by atoms with Crippen LogP contribution in [0.2, 0.25) is 0 Å². The fourth-order valence-corrected chi connectivity index (χ4v) is 1.58. The van der Waals surface area contributed by atoms with Gasteiger partial charge in [0.25, 0.3) is 0 Å². The van der Waals surface area contributed by atoms with Gasteiger partial charge in [0.15, 0.2) is 0 Å².